The van der Waals surface area contributed by atoms with Gasteiger partial charge in [-0.25, -0.2) is 0 Å². The van der Waals surface area contributed by atoms with E-state index in [1.807, 2.05) is 56.3 Å². The van der Waals surface area contributed by atoms with Crippen LogP contribution in [-0.4, -0.2) is 0 Å². The fourth-order valence-electron chi connectivity index (χ4n) is 3.09. The molecule has 6 N–H and O–H groups in total. The van der Waals surface area contributed by atoms with Crippen molar-refractivity contribution in [1.82, 2.24) is 0 Å². The highest BCUT2D eigenvalue weighted by atomic mass is 14.6. The molecule has 0 heterocycles. The van der Waals surface area contributed by atoms with Crippen LogP contribution in [0.15, 0.2) is 48.5 Å². The minimum Gasteiger partial charge on any atom is -0.399 e. The maximum absolute atomic E-state index is 6.41. The SMILES string of the molecule is Cc1cccc(-c2cc(-c3ccc(N)cc3)c(C)c(N)c2C)c1N. The Kier molecular flexibility index (Phi) is 3.94. The van der Waals surface area contributed by atoms with Crippen LogP contribution in [0.1, 0.15) is 16.7 Å². The molecule has 0 aliphatic rings. The molecule has 0 aliphatic carbocycles. The summed E-state index contributed by atoms with van der Waals surface area (Å²) in [6.45, 7) is 6.12. The summed E-state index contributed by atoms with van der Waals surface area (Å²) in [4.78, 5) is 0. The first kappa shape index (κ1) is 15.9. The normalized spacial score (nSPS) is 10.8. The van der Waals surface area contributed by atoms with Gasteiger partial charge in [0.1, 0.15) is 0 Å². The topological polar surface area (TPSA) is 78.1 Å². The summed E-state index contributed by atoms with van der Waals surface area (Å²) in [6.07, 6.45) is 0. The molecule has 3 aromatic rings. The highest BCUT2D eigenvalue weighted by molar-refractivity contribution is 5.89. The van der Waals surface area contributed by atoms with E-state index >= 15 is 0 Å². The van der Waals surface area contributed by atoms with Crippen LogP contribution in [0.3, 0.4) is 0 Å². The van der Waals surface area contributed by atoms with Crippen LogP contribution < -0.4 is 17.2 Å². The largest absolute Gasteiger partial charge is 0.399 e. The lowest BCUT2D eigenvalue weighted by molar-refractivity contribution is 1.37. The molecule has 0 amide bonds. The van der Waals surface area contributed by atoms with Crippen molar-refractivity contribution < 1.29 is 0 Å². The maximum Gasteiger partial charge on any atom is 0.0423 e. The highest BCUT2D eigenvalue weighted by Gasteiger charge is 2.15. The summed E-state index contributed by atoms with van der Waals surface area (Å²) in [7, 11) is 0. The summed E-state index contributed by atoms with van der Waals surface area (Å²) in [6, 6.07) is 16.1. The first-order valence-electron chi connectivity index (χ1n) is 8.01. The summed E-state index contributed by atoms with van der Waals surface area (Å²) in [5.41, 5.74) is 28.4. The first-order chi connectivity index (χ1) is 11.4. The van der Waals surface area contributed by atoms with Gasteiger partial charge in [0.15, 0.2) is 0 Å². The molecule has 3 aromatic carbocycles. The summed E-state index contributed by atoms with van der Waals surface area (Å²) in [5.74, 6) is 0. The lowest BCUT2D eigenvalue weighted by Gasteiger charge is -2.18. The standard InChI is InChI=1S/C21H23N3/c1-12-5-4-6-17(20(12)23)19-11-18(13(2)21(24)14(19)3)15-7-9-16(22)10-8-15/h4-11H,22-24H2,1-3H3. The van der Waals surface area contributed by atoms with E-state index in [9.17, 15) is 0 Å². The minimum absolute atomic E-state index is 0.750. The van der Waals surface area contributed by atoms with Crippen molar-refractivity contribution >= 4 is 17.1 Å². The Morgan fingerprint density at radius 3 is 1.92 bits per heavy atom. The molecule has 0 spiro atoms. The van der Waals surface area contributed by atoms with Crippen LogP contribution in [0.4, 0.5) is 17.1 Å². The van der Waals surface area contributed by atoms with Crippen molar-refractivity contribution in [3.05, 3.63) is 65.2 Å². The lowest BCUT2D eigenvalue weighted by atomic mass is 9.89. The number of benzene rings is 3. The van der Waals surface area contributed by atoms with Crippen LogP contribution in [0.2, 0.25) is 0 Å². The van der Waals surface area contributed by atoms with Crippen LogP contribution in [-0.2, 0) is 0 Å². The van der Waals surface area contributed by atoms with Gasteiger partial charge in [0.2, 0.25) is 0 Å². The van der Waals surface area contributed by atoms with Gasteiger partial charge in [-0.1, -0.05) is 30.3 Å². The van der Waals surface area contributed by atoms with Crippen LogP contribution >= 0.6 is 0 Å². The minimum atomic E-state index is 0.750. The molecular weight excluding hydrogens is 294 g/mol. The molecule has 0 aromatic heterocycles. The maximum atomic E-state index is 6.41. The van der Waals surface area contributed by atoms with E-state index < -0.39 is 0 Å². The van der Waals surface area contributed by atoms with Gasteiger partial charge >= 0.3 is 0 Å². The van der Waals surface area contributed by atoms with E-state index in [4.69, 9.17) is 17.2 Å². The van der Waals surface area contributed by atoms with Crippen LogP contribution in [0.25, 0.3) is 22.3 Å². The molecule has 0 atom stereocenters. The number of anilines is 3. The molecule has 0 radical (unpaired) electrons. The van der Waals surface area contributed by atoms with Crippen molar-refractivity contribution in [3.8, 4) is 22.3 Å². The average molecular weight is 317 g/mol. The fourth-order valence-corrected chi connectivity index (χ4v) is 3.09. The number of hydrogen-bond acceptors (Lipinski definition) is 3. The zero-order valence-electron chi connectivity index (χ0n) is 14.4. The second-order valence-corrected chi connectivity index (χ2v) is 6.29. The van der Waals surface area contributed by atoms with E-state index in [0.717, 1.165) is 56.0 Å². The third kappa shape index (κ3) is 2.58. The van der Waals surface area contributed by atoms with E-state index in [2.05, 4.69) is 13.0 Å². The Balaban J connectivity index is 2.28. The Morgan fingerprint density at radius 1 is 0.625 bits per heavy atom. The predicted octanol–water partition coefficient (Wildman–Crippen LogP) is 4.69. The van der Waals surface area contributed by atoms with Gasteiger partial charge in [0, 0.05) is 22.6 Å². The number of nitrogens with two attached hydrogens (primary N) is 3. The van der Waals surface area contributed by atoms with E-state index in [1.54, 1.807) is 0 Å². The summed E-state index contributed by atoms with van der Waals surface area (Å²) < 4.78 is 0. The summed E-state index contributed by atoms with van der Waals surface area (Å²) >= 11 is 0. The highest BCUT2D eigenvalue weighted by Crippen LogP contribution is 2.39. The van der Waals surface area contributed by atoms with Gasteiger partial charge in [0.25, 0.3) is 0 Å². The molecule has 3 rings (SSSR count). The number of hydrogen-bond donors (Lipinski definition) is 3. The molecular formula is C21H23N3. The van der Waals surface area contributed by atoms with E-state index in [0.29, 0.717) is 0 Å². The van der Waals surface area contributed by atoms with Gasteiger partial charge < -0.3 is 17.2 Å². The van der Waals surface area contributed by atoms with Gasteiger partial charge in [-0.2, -0.15) is 0 Å². The molecule has 0 saturated carbocycles. The van der Waals surface area contributed by atoms with Crippen molar-refractivity contribution in [2.24, 2.45) is 0 Å². The van der Waals surface area contributed by atoms with Crippen molar-refractivity contribution in [1.29, 1.82) is 0 Å². The third-order valence-corrected chi connectivity index (χ3v) is 4.74. The number of aryl methyl sites for hydroxylation is 1. The molecule has 24 heavy (non-hydrogen) atoms. The number of rotatable bonds is 2. The fraction of sp³-hybridized carbons (Fsp3) is 0.143. The van der Waals surface area contributed by atoms with Gasteiger partial charge in [0.05, 0.1) is 0 Å². The van der Waals surface area contributed by atoms with Crippen molar-refractivity contribution in [2.75, 3.05) is 17.2 Å². The van der Waals surface area contributed by atoms with Gasteiger partial charge in [-0.3, -0.25) is 0 Å². The van der Waals surface area contributed by atoms with Gasteiger partial charge in [-0.15, -0.1) is 0 Å². The van der Waals surface area contributed by atoms with Crippen molar-refractivity contribution in [2.45, 2.75) is 20.8 Å². The van der Waals surface area contributed by atoms with Crippen LogP contribution in [0, 0.1) is 20.8 Å². The first-order valence-corrected chi connectivity index (χ1v) is 8.01. The van der Waals surface area contributed by atoms with Crippen LogP contribution in [0.5, 0.6) is 0 Å². The molecule has 3 nitrogen and oxygen atoms in total. The Bertz CT molecular complexity index is 909. The smallest absolute Gasteiger partial charge is 0.0423 e. The zero-order chi connectivity index (χ0) is 17.4. The van der Waals surface area contributed by atoms with Crippen molar-refractivity contribution in [3.63, 3.8) is 0 Å². The quantitative estimate of drug-likeness (QED) is 0.600. The third-order valence-electron chi connectivity index (χ3n) is 4.74. The molecule has 0 bridgehead atoms. The van der Waals surface area contributed by atoms with Gasteiger partial charge in [-0.05, 0) is 72.4 Å². The second kappa shape index (κ2) is 5.93. The average Bonchev–Trinajstić information content (AvgIpc) is 2.57. The Morgan fingerprint density at radius 2 is 1.25 bits per heavy atom. The molecule has 0 unspecified atom stereocenters. The summed E-state index contributed by atoms with van der Waals surface area (Å²) in [5, 5.41) is 0. The van der Waals surface area contributed by atoms with E-state index in [-0.39, 0.29) is 0 Å². The number of nitrogen functional groups attached to an aromatic ring is 3. The second-order valence-electron chi connectivity index (χ2n) is 6.29. The molecule has 0 aliphatic heterocycles. The number of para-hydroxylation sites is 1. The predicted molar refractivity (Wildman–Crippen MR) is 105 cm³/mol. The molecule has 3 heteroatoms. The molecule has 0 fully saturated rings. The Labute approximate surface area is 143 Å². The lowest BCUT2D eigenvalue weighted by Crippen LogP contribution is -2.01. The molecule has 122 valence electrons. The van der Waals surface area contributed by atoms with E-state index in [1.165, 1.54) is 0 Å². The monoisotopic (exact) mass is 317 g/mol. The zero-order valence-corrected chi connectivity index (χ0v) is 14.4. The Hall–Kier alpha value is -2.94. The molecule has 0 saturated heterocycles.